The Labute approximate surface area is 263 Å². The zero-order chi connectivity index (χ0) is 31.1. The number of halogens is 1. The van der Waals surface area contributed by atoms with Crippen LogP contribution in [0.4, 0.5) is 5.69 Å². The number of hydrogen-bond donors (Lipinski definition) is 2. The van der Waals surface area contributed by atoms with E-state index in [1.807, 2.05) is 61.5 Å². The van der Waals surface area contributed by atoms with E-state index in [-0.39, 0.29) is 27.8 Å². The Morgan fingerprint density at radius 3 is 2.32 bits per heavy atom. The molecule has 1 heterocycles. The van der Waals surface area contributed by atoms with Crippen LogP contribution in [-0.4, -0.2) is 46.2 Å². The summed E-state index contributed by atoms with van der Waals surface area (Å²) in [5.41, 5.74) is 7.56. The summed E-state index contributed by atoms with van der Waals surface area (Å²) in [5, 5.41) is 12.0. The van der Waals surface area contributed by atoms with Crippen molar-refractivity contribution in [2.45, 2.75) is 23.5 Å². The van der Waals surface area contributed by atoms with E-state index in [0.29, 0.717) is 10.8 Å². The van der Waals surface area contributed by atoms with Gasteiger partial charge in [0, 0.05) is 5.56 Å². The highest BCUT2D eigenvalue weighted by atomic mass is 35.5. The van der Waals surface area contributed by atoms with Crippen LogP contribution in [0.25, 0.3) is 5.69 Å². The smallest absolute Gasteiger partial charge is 0.269 e. The average molecular weight is 648 g/mol. The molecule has 14 heteroatoms. The van der Waals surface area contributed by atoms with Crippen molar-refractivity contribution in [3.8, 4) is 5.69 Å². The molecule has 0 unspecified atom stereocenters. The number of anilines is 1. The number of benzene rings is 4. The lowest BCUT2D eigenvalue weighted by atomic mass is 10.2. The predicted molar refractivity (Wildman–Crippen MR) is 168 cm³/mol. The largest absolute Gasteiger partial charge is 0.272 e. The average Bonchev–Trinajstić information content (AvgIpc) is 3.51. The number of sulfonamides is 1. The Bertz CT molecular complexity index is 1890. The Morgan fingerprint density at radius 1 is 0.909 bits per heavy atom. The van der Waals surface area contributed by atoms with Crippen molar-refractivity contribution in [2.75, 3.05) is 10.1 Å². The number of thioether (sulfide) groups is 1. The number of aromatic nitrogens is 4. The number of tetrazole rings is 1. The van der Waals surface area contributed by atoms with E-state index in [2.05, 4.69) is 26.4 Å². The molecule has 224 valence electrons. The molecule has 0 spiro atoms. The molecule has 0 aliphatic heterocycles. The minimum atomic E-state index is -4.22. The summed E-state index contributed by atoms with van der Waals surface area (Å²) in [7, 11) is -4.22. The van der Waals surface area contributed by atoms with Crippen LogP contribution in [-0.2, 0) is 21.4 Å². The number of amides is 2. The second-order valence-electron chi connectivity index (χ2n) is 9.43. The lowest BCUT2D eigenvalue weighted by molar-refractivity contribution is -0.119. The van der Waals surface area contributed by atoms with Gasteiger partial charge in [-0.25, -0.2) is 8.42 Å². The second-order valence-corrected chi connectivity index (χ2v) is 12.6. The van der Waals surface area contributed by atoms with Crippen molar-refractivity contribution in [1.29, 1.82) is 0 Å². The summed E-state index contributed by atoms with van der Waals surface area (Å²) in [6.45, 7) is 1.96. The monoisotopic (exact) mass is 647 g/mol. The molecule has 0 aliphatic rings. The number of hydrazine groups is 1. The number of nitrogens with one attached hydrogen (secondary N) is 2. The molecule has 0 saturated heterocycles. The third kappa shape index (κ3) is 7.08. The van der Waals surface area contributed by atoms with Crippen molar-refractivity contribution in [2.24, 2.45) is 0 Å². The molecule has 2 amide bonds. The quantitative estimate of drug-likeness (QED) is 0.166. The summed E-state index contributed by atoms with van der Waals surface area (Å²) in [6, 6.07) is 29.2. The lowest BCUT2D eigenvalue weighted by Crippen LogP contribution is -2.42. The molecule has 1 aromatic heterocycles. The van der Waals surface area contributed by atoms with E-state index in [1.54, 1.807) is 30.3 Å². The molecule has 0 aliphatic carbocycles. The van der Waals surface area contributed by atoms with Gasteiger partial charge in [-0.1, -0.05) is 90.1 Å². The Morgan fingerprint density at radius 2 is 1.59 bits per heavy atom. The van der Waals surface area contributed by atoms with Gasteiger partial charge in [-0.15, -0.1) is 5.10 Å². The first-order chi connectivity index (χ1) is 21.2. The number of aryl methyl sites for hydroxylation is 1. The number of carbonyl (C=O) groups is 2. The first-order valence-corrected chi connectivity index (χ1v) is 16.0. The zero-order valence-electron chi connectivity index (χ0n) is 23.3. The van der Waals surface area contributed by atoms with E-state index in [0.717, 1.165) is 28.6 Å². The van der Waals surface area contributed by atoms with Crippen LogP contribution >= 0.6 is 23.4 Å². The summed E-state index contributed by atoms with van der Waals surface area (Å²) >= 11 is 7.46. The Hall–Kier alpha value is -4.72. The first-order valence-electron chi connectivity index (χ1n) is 13.2. The van der Waals surface area contributed by atoms with Crippen LogP contribution in [0.1, 0.15) is 21.5 Å². The molecule has 0 radical (unpaired) electrons. The highest BCUT2D eigenvalue weighted by molar-refractivity contribution is 7.99. The van der Waals surface area contributed by atoms with Crippen LogP contribution in [0.5, 0.6) is 0 Å². The van der Waals surface area contributed by atoms with Crippen LogP contribution < -0.4 is 15.2 Å². The fraction of sp³-hybridized carbons (Fsp3) is 0.100. The minimum absolute atomic E-state index is 0.0165. The molecule has 11 nitrogen and oxygen atoms in total. The maximum Gasteiger partial charge on any atom is 0.269 e. The molecule has 5 rings (SSSR count). The topological polar surface area (TPSA) is 139 Å². The lowest BCUT2D eigenvalue weighted by Gasteiger charge is -2.25. The summed E-state index contributed by atoms with van der Waals surface area (Å²) in [5.74, 6) is -1.35. The van der Waals surface area contributed by atoms with Gasteiger partial charge in [-0.2, -0.15) is 4.68 Å². The highest BCUT2D eigenvalue weighted by Gasteiger charge is 2.28. The van der Waals surface area contributed by atoms with Crippen LogP contribution in [0.3, 0.4) is 0 Å². The van der Waals surface area contributed by atoms with E-state index >= 15 is 0 Å². The van der Waals surface area contributed by atoms with Gasteiger partial charge in [-0.05, 0) is 64.9 Å². The molecule has 0 atom stereocenters. The number of para-hydroxylation sites is 2. The van der Waals surface area contributed by atoms with Crippen molar-refractivity contribution in [3.63, 3.8) is 0 Å². The maximum absolute atomic E-state index is 14.0. The van der Waals surface area contributed by atoms with E-state index in [9.17, 15) is 18.0 Å². The van der Waals surface area contributed by atoms with Gasteiger partial charge in [0.1, 0.15) is 4.90 Å². The van der Waals surface area contributed by atoms with Gasteiger partial charge in [-0.3, -0.25) is 24.7 Å². The molecule has 0 fully saturated rings. The van der Waals surface area contributed by atoms with E-state index in [1.165, 1.54) is 27.2 Å². The number of nitrogens with zero attached hydrogens (tertiary/aromatic N) is 5. The van der Waals surface area contributed by atoms with Gasteiger partial charge in [0.2, 0.25) is 11.1 Å². The van der Waals surface area contributed by atoms with E-state index in [4.69, 9.17) is 11.6 Å². The van der Waals surface area contributed by atoms with Gasteiger partial charge in [0.05, 0.1) is 28.7 Å². The van der Waals surface area contributed by atoms with Gasteiger partial charge >= 0.3 is 0 Å². The third-order valence-corrected chi connectivity index (χ3v) is 9.58. The van der Waals surface area contributed by atoms with E-state index < -0.39 is 21.8 Å². The van der Waals surface area contributed by atoms with Crippen LogP contribution in [0.2, 0.25) is 5.02 Å². The van der Waals surface area contributed by atoms with Crippen molar-refractivity contribution < 1.29 is 18.0 Å². The summed E-state index contributed by atoms with van der Waals surface area (Å²) in [6.07, 6.45) is 0. The molecular formula is C30H26ClN7O4S2. The minimum Gasteiger partial charge on any atom is -0.272 e. The first kappa shape index (κ1) is 30.7. The van der Waals surface area contributed by atoms with Gasteiger partial charge < -0.3 is 0 Å². The standard InChI is InChI=1S/C30H26ClN7O4S2/c1-21-10-8-9-15-26(21)38-30(34-35-36-38)43-20-28(39)32-33-29(40)23-16-17-25(31)27(18-23)44(41,42)37(24-13-6-3-7-14-24)19-22-11-4-2-5-12-22/h2-18H,19-20H2,1H3,(H,32,39)(H,33,40). The third-order valence-electron chi connectivity index (χ3n) is 6.41. The zero-order valence-corrected chi connectivity index (χ0v) is 25.7. The fourth-order valence-corrected chi connectivity index (χ4v) is 6.85. The summed E-state index contributed by atoms with van der Waals surface area (Å²) < 4.78 is 30.7. The van der Waals surface area contributed by atoms with Crippen molar-refractivity contribution in [3.05, 3.63) is 125 Å². The maximum atomic E-state index is 14.0. The van der Waals surface area contributed by atoms with Crippen molar-refractivity contribution >= 4 is 50.9 Å². The Kier molecular flexibility index (Phi) is 9.58. The molecule has 4 aromatic carbocycles. The highest BCUT2D eigenvalue weighted by Crippen LogP contribution is 2.31. The molecule has 44 heavy (non-hydrogen) atoms. The van der Waals surface area contributed by atoms with Gasteiger partial charge in [0.25, 0.3) is 15.9 Å². The van der Waals surface area contributed by atoms with Gasteiger partial charge in [0.15, 0.2) is 0 Å². The predicted octanol–water partition coefficient (Wildman–Crippen LogP) is 4.57. The van der Waals surface area contributed by atoms with Crippen LogP contribution in [0, 0.1) is 6.92 Å². The fourth-order valence-electron chi connectivity index (χ4n) is 4.21. The number of rotatable bonds is 10. The molecule has 0 bridgehead atoms. The van der Waals surface area contributed by atoms with Crippen molar-refractivity contribution in [1.82, 2.24) is 31.1 Å². The summed E-state index contributed by atoms with van der Waals surface area (Å²) in [4.78, 5) is 25.2. The normalized spacial score (nSPS) is 11.1. The Balaban J connectivity index is 1.28. The molecule has 5 aromatic rings. The second kappa shape index (κ2) is 13.7. The van der Waals surface area contributed by atoms with Crippen LogP contribution in [0.15, 0.2) is 113 Å². The number of hydrogen-bond acceptors (Lipinski definition) is 8. The number of carbonyl (C=O) groups excluding carboxylic acids is 2. The molecule has 2 N–H and O–H groups in total. The molecule has 0 saturated carbocycles. The SMILES string of the molecule is Cc1ccccc1-n1nnnc1SCC(=O)NNC(=O)c1ccc(Cl)c(S(=O)(=O)N(Cc2ccccc2)c2ccccc2)c1. The molecular weight excluding hydrogens is 622 g/mol.